The number of nitrogens with zero attached hydrogens (tertiary/aromatic N) is 3. The zero-order valence-electron chi connectivity index (χ0n) is 14.2. The van der Waals surface area contributed by atoms with Gasteiger partial charge in [-0.15, -0.1) is 0 Å². The van der Waals surface area contributed by atoms with Crippen LogP contribution < -0.4 is 5.73 Å². The standard InChI is InChI=1S/C17H23F3N4O/c1-12(21)16-22-14-11-13(17(18,19)20)3-4-15(14)24(16)6-2-5-23-7-9-25-10-8-23/h3-4,11-12H,2,5-10,21H2,1H3. The van der Waals surface area contributed by atoms with Crippen LogP contribution >= 0.6 is 0 Å². The van der Waals surface area contributed by atoms with Gasteiger partial charge in [0.1, 0.15) is 5.82 Å². The van der Waals surface area contributed by atoms with Gasteiger partial charge in [-0.2, -0.15) is 13.2 Å². The lowest BCUT2D eigenvalue weighted by Crippen LogP contribution is -2.37. The molecule has 2 N–H and O–H groups in total. The fourth-order valence-corrected chi connectivity index (χ4v) is 3.18. The number of benzene rings is 1. The summed E-state index contributed by atoms with van der Waals surface area (Å²) in [6, 6.07) is 3.35. The van der Waals surface area contributed by atoms with Gasteiger partial charge in [-0.1, -0.05) is 0 Å². The zero-order valence-corrected chi connectivity index (χ0v) is 14.2. The molecule has 25 heavy (non-hydrogen) atoms. The molecule has 0 saturated carbocycles. The first-order valence-electron chi connectivity index (χ1n) is 8.49. The summed E-state index contributed by atoms with van der Waals surface area (Å²) in [4.78, 5) is 6.69. The molecule has 8 heteroatoms. The number of morpholine rings is 1. The fraction of sp³-hybridized carbons (Fsp3) is 0.588. The highest BCUT2D eigenvalue weighted by atomic mass is 19.4. The maximum Gasteiger partial charge on any atom is 0.416 e. The Morgan fingerprint density at radius 1 is 1.24 bits per heavy atom. The van der Waals surface area contributed by atoms with Crippen molar-refractivity contribution < 1.29 is 17.9 Å². The van der Waals surface area contributed by atoms with E-state index in [2.05, 4.69) is 9.88 Å². The van der Waals surface area contributed by atoms with Crippen molar-refractivity contribution in [2.75, 3.05) is 32.8 Å². The minimum absolute atomic E-state index is 0.341. The molecule has 0 bridgehead atoms. The first-order chi connectivity index (χ1) is 11.9. The van der Waals surface area contributed by atoms with Gasteiger partial charge in [0.15, 0.2) is 0 Å². The van der Waals surface area contributed by atoms with E-state index in [4.69, 9.17) is 10.5 Å². The number of fused-ring (bicyclic) bond motifs is 1. The Labute approximate surface area is 144 Å². The SMILES string of the molecule is CC(N)c1nc2cc(C(F)(F)F)ccc2n1CCCN1CCOCC1. The second kappa shape index (κ2) is 7.31. The second-order valence-electron chi connectivity index (χ2n) is 6.42. The predicted octanol–water partition coefficient (Wildman–Crippen LogP) is 2.80. The molecule has 1 atom stereocenters. The maximum absolute atomic E-state index is 12.9. The lowest BCUT2D eigenvalue weighted by atomic mass is 10.2. The average molecular weight is 356 g/mol. The first kappa shape index (κ1) is 18.2. The van der Waals surface area contributed by atoms with Gasteiger partial charge in [0.05, 0.1) is 35.9 Å². The molecule has 1 saturated heterocycles. The van der Waals surface area contributed by atoms with Crippen molar-refractivity contribution in [2.24, 2.45) is 5.73 Å². The van der Waals surface area contributed by atoms with Crippen LogP contribution in [0.15, 0.2) is 18.2 Å². The van der Waals surface area contributed by atoms with Crippen LogP contribution in [0.4, 0.5) is 13.2 Å². The van der Waals surface area contributed by atoms with Crippen molar-refractivity contribution in [3.63, 3.8) is 0 Å². The molecule has 0 spiro atoms. The molecule has 1 fully saturated rings. The van der Waals surface area contributed by atoms with Gasteiger partial charge in [0.2, 0.25) is 0 Å². The van der Waals surface area contributed by atoms with Crippen LogP contribution in [0.5, 0.6) is 0 Å². The van der Waals surface area contributed by atoms with Gasteiger partial charge < -0.3 is 15.0 Å². The molecular formula is C17H23F3N4O. The summed E-state index contributed by atoms with van der Waals surface area (Å²) < 4.78 is 46.0. The highest BCUT2D eigenvalue weighted by molar-refractivity contribution is 5.77. The number of hydrogen-bond acceptors (Lipinski definition) is 4. The summed E-state index contributed by atoms with van der Waals surface area (Å²) in [6.45, 7) is 6.72. The topological polar surface area (TPSA) is 56.3 Å². The Hall–Kier alpha value is -1.64. The molecule has 1 aromatic carbocycles. The molecule has 5 nitrogen and oxygen atoms in total. The third kappa shape index (κ3) is 4.13. The minimum atomic E-state index is -4.37. The molecule has 0 amide bonds. The molecule has 1 aliphatic rings. The average Bonchev–Trinajstić information content (AvgIpc) is 2.93. The minimum Gasteiger partial charge on any atom is -0.379 e. The van der Waals surface area contributed by atoms with Crippen molar-refractivity contribution in [2.45, 2.75) is 32.1 Å². The first-order valence-corrected chi connectivity index (χ1v) is 8.49. The van der Waals surface area contributed by atoms with Crippen LogP contribution in [-0.4, -0.2) is 47.3 Å². The van der Waals surface area contributed by atoms with Gasteiger partial charge >= 0.3 is 6.18 Å². The van der Waals surface area contributed by atoms with E-state index >= 15 is 0 Å². The fourth-order valence-electron chi connectivity index (χ4n) is 3.18. The summed E-state index contributed by atoms with van der Waals surface area (Å²) in [5.74, 6) is 0.622. The lowest BCUT2D eigenvalue weighted by Gasteiger charge is -2.26. The Bertz CT molecular complexity index is 720. The molecule has 138 valence electrons. The number of aryl methyl sites for hydroxylation is 1. The quantitative estimate of drug-likeness (QED) is 0.895. The number of hydrogen-bond donors (Lipinski definition) is 1. The third-order valence-electron chi connectivity index (χ3n) is 4.47. The van der Waals surface area contributed by atoms with Crippen molar-refractivity contribution in [3.8, 4) is 0 Å². The summed E-state index contributed by atoms with van der Waals surface area (Å²) >= 11 is 0. The zero-order chi connectivity index (χ0) is 18.0. The molecular weight excluding hydrogens is 333 g/mol. The van der Waals surface area contributed by atoms with E-state index < -0.39 is 11.7 Å². The van der Waals surface area contributed by atoms with E-state index in [0.29, 0.717) is 23.4 Å². The maximum atomic E-state index is 12.9. The molecule has 1 aliphatic heterocycles. The van der Waals surface area contributed by atoms with E-state index in [9.17, 15) is 13.2 Å². The largest absolute Gasteiger partial charge is 0.416 e. The molecule has 2 heterocycles. The van der Waals surface area contributed by atoms with Gasteiger partial charge in [-0.05, 0) is 31.5 Å². The predicted molar refractivity (Wildman–Crippen MR) is 89.2 cm³/mol. The van der Waals surface area contributed by atoms with Crippen LogP contribution in [-0.2, 0) is 17.5 Å². The van der Waals surface area contributed by atoms with Crippen LogP contribution in [0.25, 0.3) is 11.0 Å². The summed E-state index contributed by atoms with van der Waals surface area (Å²) in [5, 5.41) is 0. The second-order valence-corrected chi connectivity index (χ2v) is 6.42. The van der Waals surface area contributed by atoms with Crippen LogP contribution in [0.1, 0.15) is 30.8 Å². The van der Waals surface area contributed by atoms with Crippen molar-refractivity contribution in [1.29, 1.82) is 0 Å². The van der Waals surface area contributed by atoms with Crippen molar-refractivity contribution in [1.82, 2.24) is 14.5 Å². The monoisotopic (exact) mass is 356 g/mol. The number of aromatic nitrogens is 2. The Balaban J connectivity index is 1.81. The number of ether oxygens (including phenoxy) is 1. The number of rotatable bonds is 5. The third-order valence-corrected chi connectivity index (χ3v) is 4.47. The number of nitrogens with two attached hydrogens (primary N) is 1. The van der Waals surface area contributed by atoms with E-state index in [0.717, 1.165) is 51.4 Å². The molecule has 2 aromatic rings. The van der Waals surface area contributed by atoms with Crippen molar-refractivity contribution >= 4 is 11.0 Å². The Morgan fingerprint density at radius 2 is 1.96 bits per heavy atom. The van der Waals surface area contributed by atoms with Crippen LogP contribution in [0, 0.1) is 0 Å². The van der Waals surface area contributed by atoms with E-state index in [1.54, 1.807) is 6.92 Å². The van der Waals surface area contributed by atoms with Gasteiger partial charge in [-0.25, -0.2) is 4.98 Å². The van der Waals surface area contributed by atoms with E-state index in [-0.39, 0.29) is 6.04 Å². The summed E-state index contributed by atoms with van der Waals surface area (Å²) in [7, 11) is 0. The smallest absolute Gasteiger partial charge is 0.379 e. The van der Waals surface area contributed by atoms with E-state index in [1.165, 1.54) is 6.07 Å². The van der Waals surface area contributed by atoms with Crippen molar-refractivity contribution in [3.05, 3.63) is 29.6 Å². The highest BCUT2D eigenvalue weighted by Crippen LogP contribution is 2.32. The highest BCUT2D eigenvalue weighted by Gasteiger charge is 2.31. The Morgan fingerprint density at radius 3 is 2.60 bits per heavy atom. The van der Waals surface area contributed by atoms with Gasteiger partial charge in [0.25, 0.3) is 0 Å². The number of halogens is 3. The van der Waals surface area contributed by atoms with E-state index in [1.807, 2.05) is 4.57 Å². The van der Waals surface area contributed by atoms with Crippen LogP contribution in [0.2, 0.25) is 0 Å². The van der Waals surface area contributed by atoms with Gasteiger partial charge in [-0.3, -0.25) is 4.90 Å². The molecule has 0 aliphatic carbocycles. The molecule has 3 rings (SSSR count). The summed E-state index contributed by atoms with van der Waals surface area (Å²) in [6.07, 6.45) is -3.49. The lowest BCUT2D eigenvalue weighted by molar-refractivity contribution is -0.137. The molecule has 0 radical (unpaired) electrons. The molecule has 1 unspecified atom stereocenters. The van der Waals surface area contributed by atoms with Gasteiger partial charge in [0, 0.05) is 26.2 Å². The number of alkyl halides is 3. The Kier molecular flexibility index (Phi) is 5.31. The molecule has 1 aromatic heterocycles. The summed E-state index contributed by atoms with van der Waals surface area (Å²) in [5.41, 5.74) is 6.34. The normalized spacial score (nSPS) is 18.0. The number of imidazole rings is 1. The van der Waals surface area contributed by atoms with Crippen LogP contribution in [0.3, 0.4) is 0 Å².